The molecule has 0 amide bonds. The molecule has 1 N–H and O–H groups in total. The SMILES string of the molecule is CCNCCCc1nnc(-c2cscn2)s1. The van der Waals surface area contributed by atoms with Gasteiger partial charge in [-0.25, -0.2) is 4.98 Å². The van der Waals surface area contributed by atoms with E-state index < -0.39 is 0 Å². The molecule has 0 atom stereocenters. The first-order valence-corrected chi connectivity index (χ1v) is 7.07. The molecule has 2 aromatic heterocycles. The highest BCUT2D eigenvalue weighted by Gasteiger charge is 2.07. The molecule has 0 aliphatic carbocycles. The van der Waals surface area contributed by atoms with Crippen molar-refractivity contribution in [3.05, 3.63) is 15.9 Å². The predicted octanol–water partition coefficient (Wildman–Crippen LogP) is 2.20. The molecule has 2 aromatic rings. The molecule has 0 fully saturated rings. The third kappa shape index (κ3) is 3.07. The number of aromatic nitrogens is 3. The van der Waals surface area contributed by atoms with Crippen LogP contribution in [0.4, 0.5) is 0 Å². The van der Waals surface area contributed by atoms with E-state index in [0.29, 0.717) is 0 Å². The lowest BCUT2D eigenvalue weighted by molar-refractivity contribution is 0.669. The summed E-state index contributed by atoms with van der Waals surface area (Å²) in [5.74, 6) is 0. The van der Waals surface area contributed by atoms with Gasteiger partial charge in [0.1, 0.15) is 10.7 Å². The van der Waals surface area contributed by atoms with Crippen molar-refractivity contribution in [1.82, 2.24) is 20.5 Å². The fourth-order valence-corrected chi connectivity index (χ4v) is 2.78. The summed E-state index contributed by atoms with van der Waals surface area (Å²) in [5.41, 5.74) is 2.77. The van der Waals surface area contributed by atoms with Gasteiger partial charge in [0.25, 0.3) is 0 Å². The van der Waals surface area contributed by atoms with E-state index in [1.165, 1.54) is 0 Å². The fraction of sp³-hybridized carbons (Fsp3) is 0.500. The Morgan fingerprint density at radius 2 is 2.31 bits per heavy atom. The van der Waals surface area contributed by atoms with Crippen LogP contribution in [-0.4, -0.2) is 28.3 Å². The summed E-state index contributed by atoms with van der Waals surface area (Å²) in [6, 6.07) is 0. The van der Waals surface area contributed by atoms with Gasteiger partial charge in [0, 0.05) is 11.8 Å². The van der Waals surface area contributed by atoms with Crippen LogP contribution in [-0.2, 0) is 6.42 Å². The Kier molecular flexibility index (Phi) is 4.38. The van der Waals surface area contributed by atoms with E-state index in [4.69, 9.17) is 0 Å². The van der Waals surface area contributed by atoms with Gasteiger partial charge in [-0.05, 0) is 19.5 Å². The van der Waals surface area contributed by atoms with Crippen LogP contribution in [0.5, 0.6) is 0 Å². The zero-order valence-electron chi connectivity index (χ0n) is 9.14. The van der Waals surface area contributed by atoms with Gasteiger partial charge >= 0.3 is 0 Å². The van der Waals surface area contributed by atoms with Crippen LogP contribution in [0.2, 0.25) is 0 Å². The van der Waals surface area contributed by atoms with Gasteiger partial charge < -0.3 is 5.32 Å². The van der Waals surface area contributed by atoms with E-state index in [2.05, 4.69) is 27.4 Å². The van der Waals surface area contributed by atoms with Crippen LogP contribution < -0.4 is 5.32 Å². The molecule has 0 unspecified atom stereocenters. The van der Waals surface area contributed by atoms with Gasteiger partial charge in [-0.2, -0.15) is 0 Å². The number of thiazole rings is 1. The Bertz CT molecular complexity index is 410. The summed E-state index contributed by atoms with van der Waals surface area (Å²) in [6.45, 7) is 4.19. The molecule has 0 bridgehead atoms. The van der Waals surface area contributed by atoms with Crippen molar-refractivity contribution in [3.63, 3.8) is 0 Å². The monoisotopic (exact) mass is 254 g/mol. The van der Waals surface area contributed by atoms with E-state index >= 15 is 0 Å². The lowest BCUT2D eigenvalue weighted by Crippen LogP contribution is -2.14. The maximum absolute atomic E-state index is 4.22. The molecule has 0 radical (unpaired) electrons. The Morgan fingerprint density at radius 1 is 1.38 bits per heavy atom. The van der Waals surface area contributed by atoms with Crippen LogP contribution in [0.15, 0.2) is 10.9 Å². The van der Waals surface area contributed by atoms with Crippen molar-refractivity contribution in [2.24, 2.45) is 0 Å². The van der Waals surface area contributed by atoms with Crippen LogP contribution in [0.3, 0.4) is 0 Å². The molecular weight excluding hydrogens is 240 g/mol. The number of hydrogen-bond acceptors (Lipinski definition) is 6. The minimum absolute atomic E-state index is 0.930. The summed E-state index contributed by atoms with van der Waals surface area (Å²) < 4.78 is 0. The largest absolute Gasteiger partial charge is 0.317 e. The Labute approximate surface area is 103 Å². The zero-order valence-corrected chi connectivity index (χ0v) is 10.8. The predicted molar refractivity (Wildman–Crippen MR) is 67.9 cm³/mol. The maximum atomic E-state index is 4.22. The molecule has 16 heavy (non-hydrogen) atoms. The average Bonchev–Trinajstić information content (AvgIpc) is 2.94. The first-order valence-electron chi connectivity index (χ1n) is 5.32. The molecule has 0 aromatic carbocycles. The molecule has 6 heteroatoms. The second-order valence-corrected chi connectivity index (χ2v) is 5.11. The second-order valence-electron chi connectivity index (χ2n) is 3.33. The van der Waals surface area contributed by atoms with Crippen molar-refractivity contribution in [2.45, 2.75) is 19.8 Å². The van der Waals surface area contributed by atoms with Gasteiger partial charge in [0.2, 0.25) is 0 Å². The topological polar surface area (TPSA) is 50.7 Å². The highest BCUT2D eigenvalue weighted by molar-refractivity contribution is 7.15. The number of aryl methyl sites for hydroxylation is 1. The van der Waals surface area contributed by atoms with Crippen LogP contribution >= 0.6 is 22.7 Å². The third-order valence-electron chi connectivity index (χ3n) is 2.11. The van der Waals surface area contributed by atoms with E-state index in [1.807, 2.05) is 10.9 Å². The first kappa shape index (κ1) is 11.6. The summed E-state index contributed by atoms with van der Waals surface area (Å²) in [5, 5.41) is 15.7. The van der Waals surface area contributed by atoms with Crippen molar-refractivity contribution in [2.75, 3.05) is 13.1 Å². The molecule has 0 saturated heterocycles. The quantitative estimate of drug-likeness (QED) is 0.803. The van der Waals surface area contributed by atoms with Gasteiger partial charge in [0.15, 0.2) is 5.01 Å². The number of hydrogen-bond donors (Lipinski definition) is 1. The number of rotatable bonds is 6. The Morgan fingerprint density at radius 3 is 3.06 bits per heavy atom. The van der Waals surface area contributed by atoms with Gasteiger partial charge in [-0.15, -0.1) is 21.5 Å². The summed E-state index contributed by atoms with van der Waals surface area (Å²) in [6.07, 6.45) is 2.11. The van der Waals surface area contributed by atoms with Crippen molar-refractivity contribution < 1.29 is 0 Å². The van der Waals surface area contributed by atoms with E-state index in [1.54, 1.807) is 22.7 Å². The maximum Gasteiger partial charge on any atom is 0.167 e. The molecular formula is C10H14N4S2. The normalized spacial score (nSPS) is 10.8. The minimum Gasteiger partial charge on any atom is -0.317 e. The van der Waals surface area contributed by atoms with Crippen LogP contribution in [0.1, 0.15) is 18.4 Å². The molecule has 2 rings (SSSR count). The van der Waals surface area contributed by atoms with Gasteiger partial charge in [-0.1, -0.05) is 18.3 Å². The van der Waals surface area contributed by atoms with Gasteiger partial charge in [-0.3, -0.25) is 0 Å². The third-order valence-corrected chi connectivity index (χ3v) is 3.70. The van der Waals surface area contributed by atoms with E-state index in [0.717, 1.165) is 41.6 Å². The zero-order chi connectivity index (χ0) is 11.2. The highest BCUT2D eigenvalue weighted by Crippen LogP contribution is 2.23. The standard InChI is InChI=1S/C10H14N4S2/c1-2-11-5-3-4-9-13-14-10(16-9)8-6-15-7-12-8/h6-7,11H,2-5H2,1H3. The van der Waals surface area contributed by atoms with Crippen LogP contribution in [0, 0.1) is 0 Å². The molecule has 0 spiro atoms. The smallest absolute Gasteiger partial charge is 0.167 e. The minimum atomic E-state index is 0.930. The Hall–Kier alpha value is -0.850. The molecule has 0 saturated carbocycles. The first-order chi connectivity index (χ1) is 7.90. The second kappa shape index (κ2) is 6.03. The van der Waals surface area contributed by atoms with Crippen molar-refractivity contribution in [3.8, 4) is 10.7 Å². The molecule has 86 valence electrons. The number of nitrogens with zero attached hydrogens (tertiary/aromatic N) is 3. The molecule has 0 aliphatic rings. The van der Waals surface area contributed by atoms with Crippen molar-refractivity contribution >= 4 is 22.7 Å². The number of nitrogens with one attached hydrogen (secondary N) is 1. The summed E-state index contributed by atoms with van der Waals surface area (Å²) in [7, 11) is 0. The van der Waals surface area contributed by atoms with Crippen molar-refractivity contribution in [1.29, 1.82) is 0 Å². The lowest BCUT2D eigenvalue weighted by atomic mass is 10.3. The molecule has 4 nitrogen and oxygen atoms in total. The van der Waals surface area contributed by atoms with E-state index in [-0.39, 0.29) is 0 Å². The summed E-state index contributed by atoms with van der Waals surface area (Å²) in [4.78, 5) is 4.22. The fourth-order valence-electron chi connectivity index (χ4n) is 1.32. The average molecular weight is 254 g/mol. The highest BCUT2D eigenvalue weighted by atomic mass is 32.1. The van der Waals surface area contributed by atoms with Gasteiger partial charge in [0.05, 0.1) is 5.51 Å². The molecule has 0 aliphatic heterocycles. The molecule has 2 heterocycles. The van der Waals surface area contributed by atoms with Crippen LogP contribution in [0.25, 0.3) is 10.7 Å². The lowest BCUT2D eigenvalue weighted by Gasteiger charge is -1.97. The van der Waals surface area contributed by atoms with E-state index in [9.17, 15) is 0 Å². The summed E-state index contributed by atoms with van der Waals surface area (Å²) >= 11 is 3.23. The Balaban J connectivity index is 1.88.